The van der Waals surface area contributed by atoms with E-state index in [0.717, 1.165) is 33.3 Å². The molecule has 0 spiro atoms. The van der Waals surface area contributed by atoms with Gasteiger partial charge in [-0.15, -0.1) is 4.83 Å². The molecule has 0 aliphatic carbocycles. The molecule has 0 saturated heterocycles. The summed E-state index contributed by atoms with van der Waals surface area (Å²) in [6.45, 7) is 3.52. The van der Waals surface area contributed by atoms with Gasteiger partial charge in [0.15, 0.2) is 0 Å². The minimum Gasteiger partial charge on any atom is -0.348 e. The summed E-state index contributed by atoms with van der Waals surface area (Å²) in [6, 6.07) is 21.0. The van der Waals surface area contributed by atoms with Crippen molar-refractivity contribution in [2.75, 3.05) is 6.54 Å². The maximum absolute atomic E-state index is 13.4. The van der Waals surface area contributed by atoms with Crippen molar-refractivity contribution in [1.82, 2.24) is 19.7 Å². The largest absolute Gasteiger partial charge is 0.348 e. The van der Waals surface area contributed by atoms with Crippen LogP contribution in [0.5, 0.6) is 0 Å². The molecule has 36 heavy (non-hydrogen) atoms. The summed E-state index contributed by atoms with van der Waals surface area (Å²) < 4.78 is 27.3. The molecule has 184 valence electrons. The van der Waals surface area contributed by atoms with Crippen molar-refractivity contribution in [2.24, 2.45) is 7.05 Å². The number of benzene rings is 3. The number of rotatable bonds is 6. The van der Waals surface area contributed by atoms with E-state index >= 15 is 0 Å². The van der Waals surface area contributed by atoms with Crippen molar-refractivity contribution in [3.8, 4) is 0 Å². The van der Waals surface area contributed by atoms with Crippen molar-refractivity contribution in [3.05, 3.63) is 101 Å². The van der Waals surface area contributed by atoms with Gasteiger partial charge in [-0.3, -0.25) is 15.0 Å². The number of carbonyl (C=O) groups is 2. The molecule has 2 heterocycles. The lowest BCUT2D eigenvalue weighted by atomic mass is 9.95. The van der Waals surface area contributed by atoms with Crippen molar-refractivity contribution < 1.29 is 18.0 Å². The average molecular weight is 503 g/mol. The first kappa shape index (κ1) is 23.8. The number of aryl methyl sites for hydroxylation is 2. The Labute approximate surface area is 209 Å². The topological polar surface area (TPSA) is 101 Å². The van der Waals surface area contributed by atoms with Gasteiger partial charge in [0.25, 0.3) is 21.8 Å². The zero-order chi connectivity index (χ0) is 25.6. The third-order valence-corrected chi connectivity index (χ3v) is 8.01. The smallest absolute Gasteiger partial charge is 0.257 e. The molecular weight excluding hydrogens is 476 g/mol. The van der Waals surface area contributed by atoms with Gasteiger partial charge >= 0.3 is 0 Å². The fourth-order valence-corrected chi connectivity index (χ4v) is 5.69. The maximum Gasteiger partial charge on any atom is 0.257 e. The van der Waals surface area contributed by atoms with E-state index < -0.39 is 22.0 Å². The normalized spacial score (nSPS) is 15.4. The molecule has 5 rings (SSSR count). The Morgan fingerprint density at radius 1 is 0.944 bits per heavy atom. The highest BCUT2D eigenvalue weighted by molar-refractivity contribution is 7.89. The van der Waals surface area contributed by atoms with Crippen LogP contribution >= 0.6 is 0 Å². The molecule has 0 fully saturated rings. The molecule has 3 aromatic carbocycles. The Morgan fingerprint density at radius 3 is 2.36 bits per heavy atom. The number of aromatic nitrogens is 1. The zero-order valence-corrected chi connectivity index (χ0v) is 21.0. The van der Waals surface area contributed by atoms with Gasteiger partial charge in [0.05, 0.1) is 10.9 Å². The number of para-hydroxylation sites is 1. The van der Waals surface area contributed by atoms with Gasteiger partial charge < -0.3 is 9.47 Å². The third kappa shape index (κ3) is 3.96. The molecule has 0 radical (unpaired) electrons. The van der Waals surface area contributed by atoms with Crippen LogP contribution in [0.4, 0.5) is 0 Å². The van der Waals surface area contributed by atoms with E-state index in [1.54, 1.807) is 24.3 Å². The van der Waals surface area contributed by atoms with Crippen LogP contribution in [0.15, 0.2) is 77.7 Å². The Bertz CT molecular complexity index is 1610. The van der Waals surface area contributed by atoms with Crippen LogP contribution in [-0.2, 0) is 21.9 Å². The van der Waals surface area contributed by atoms with Crippen LogP contribution in [0.25, 0.3) is 10.9 Å². The van der Waals surface area contributed by atoms with Gasteiger partial charge in [-0.25, -0.2) is 8.42 Å². The van der Waals surface area contributed by atoms with Gasteiger partial charge in [-0.1, -0.05) is 54.1 Å². The van der Waals surface area contributed by atoms with Crippen molar-refractivity contribution >= 4 is 32.7 Å². The lowest BCUT2D eigenvalue weighted by Gasteiger charge is -2.26. The molecule has 2 N–H and O–H groups in total. The second-order valence-electron chi connectivity index (χ2n) is 8.96. The maximum atomic E-state index is 13.4. The molecule has 9 heteroatoms. The lowest BCUT2D eigenvalue weighted by Crippen LogP contribution is -2.47. The number of hydrazine groups is 1. The monoisotopic (exact) mass is 502 g/mol. The van der Waals surface area contributed by atoms with Gasteiger partial charge in [-0.2, -0.15) is 0 Å². The van der Waals surface area contributed by atoms with Gasteiger partial charge in [0.1, 0.15) is 6.54 Å². The Morgan fingerprint density at radius 2 is 1.61 bits per heavy atom. The van der Waals surface area contributed by atoms with Crippen molar-refractivity contribution in [1.29, 1.82) is 0 Å². The molecule has 8 nitrogen and oxygen atoms in total. The molecule has 4 aromatic rings. The number of hydrogen-bond acceptors (Lipinski definition) is 4. The van der Waals surface area contributed by atoms with E-state index in [9.17, 15) is 18.0 Å². The molecule has 1 aliphatic heterocycles. The number of sulfonamides is 1. The summed E-state index contributed by atoms with van der Waals surface area (Å²) in [5.41, 5.74) is 7.48. The fraction of sp³-hybridized carbons (Fsp3) is 0.185. The van der Waals surface area contributed by atoms with E-state index in [-0.39, 0.29) is 17.3 Å². The first-order chi connectivity index (χ1) is 17.2. The summed E-state index contributed by atoms with van der Waals surface area (Å²) in [4.78, 5) is 30.0. The highest BCUT2D eigenvalue weighted by atomic mass is 32.2. The first-order valence-corrected chi connectivity index (χ1v) is 13.0. The van der Waals surface area contributed by atoms with E-state index in [1.165, 1.54) is 17.0 Å². The molecule has 0 saturated carbocycles. The number of nitrogens with zero attached hydrogens (tertiary/aromatic N) is 2. The minimum absolute atomic E-state index is 0.0299. The molecule has 0 bridgehead atoms. The highest BCUT2D eigenvalue weighted by Crippen LogP contribution is 2.43. The predicted molar refractivity (Wildman–Crippen MR) is 137 cm³/mol. The zero-order valence-electron chi connectivity index (χ0n) is 20.1. The summed E-state index contributed by atoms with van der Waals surface area (Å²) in [6.07, 6.45) is 0. The van der Waals surface area contributed by atoms with E-state index in [0.29, 0.717) is 5.56 Å². The Hall–Kier alpha value is -3.95. The molecule has 1 unspecified atom stereocenters. The molecule has 1 aromatic heterocycles. The van der Waals surface area contributed by atoms with E-state index in [4.69, 9.17) is 0 Å². The Balaban J connectivity index is 1.46. The summed E-state index contributed by atoms with van der Waals surface area (Å²) >= 11 is 0. The van der Waals surface area contributed by atoms with Crippen LogP contribution in [-0.4, -0.2) is 36.2 Å². The number of carbonyl (C=O) groups excluding carboxylic acids is 2. The van der Waals surface area contributed by atoms with Gasteiger partial charge in [0, 0.05) is 34.8 Å². The van der Waals surface area contributed by atoms with Crippen LogP contribution in [0.2, 0.25) is 0 Å². The first-order valence-electron chi connectivity index (χ1n) is 11.5. The fourth-order valence-electron chi connectivity index (χ4n) is 4.83. The molecule has 1 atom stereocenters. The van der Waals surface area contributed by atoms with Crippen molar-refractivity contribution in [3.63, 3.8) is 0 Å². The number of nitrogens with one attached hydrogen (secondary N) is 2. The summed E-state index contributed by atoms with van der Waals surface area (Å²) in [7, 11) is -1.99. The average Bonchev–Trinajstić information content (AvgIpc) is 3.28. The highest BCUT2D eigenvalue weighted by Gasteiger charge is 2.40. The number of hydrogen-bond donors (Lipinski definition) is 2. The second kappa shape index (κ2) is 8.92. The van der Waals surface area contributed by atoms with Crippen LogP contribution < -0.4 is 10.3 Å². The van der Waals surface area contributed by atoms with Crippen LogP contribution in [0.1, 0.15) is 38.8 Å². The Kier molecular flexibility index (Phi) is 5.89. The van der Waals surface area contributed by atoms with Crippen molar-refractivity contribution in [2.45, 2.75) is 24.8 Å². The van der Waals surface area contributed by atoms with E-state index in [1.807, 2.05) is 57.3 Å². The quantitative estimate of drug-likeness (QED) is 0.395. The summed E-state index contributed by atoms with van der Waals surface area (Å²) in [5.74, 6) is -0.922. The van der Waals surface area contributed by atoms with Gasteiger partial charge in [0.2, 0.25) is 0 Å². The standard InChI is InChI=1S/C27H26N4O4S/c1-17-12-14-19(15-13-17)36(34,35)29-28-24(32)16-31-26(20-8-4-5-9-21(20)27(31)33)25-18(2)30(3)23-11-7-6-10-22(23)25/h4-15,26,29H,16H2,1-3H3,(H,28,32). The predicted octanol–water partition coefficient (Wildman–Crippen LogP) is 3.35. The third-order valence-electron chi connectivity index (χ3n) is 6.75. The molecule has 2 amide bonds. The number of fused-ring (bicyclic) bond motifs is 2. The molecule has 1 aliphatic rings. The van der Waals surface area contributed by atoms with E-state index in [2.05, 4.69) is 14.8 Å². The van der Waals surface area contributed by atoms with Crippen LogP contribution in [0, 0.1) is 13.8 Å². The number of amides is 2. The van der Waals surface area contributed by atoms with Gasteiger partial charge in [-0.05, 0) is 43.7 Å². The second-order valence-corrected chi connectivity index (χ2v) is 10.6. The summed E-state index contributed by atoms with van der Waals surface area (Å²) in [5, 5.41) is 0.998. The molecular formula is C27H26N4O4S. The lowest BCUT2D eigenvalue weighted by molar-refractivity contribution is -0.122. The van der Waals surface area contributed by atoms with Crippen LogP contribution in [0.3, 0.4) is 0 Å². The minimum atomic E-state index is -3.96. The SMILES string of the molecule is Cc1ccc(S(=O)(=O)NNC(=O)CN2C(=O)c3ccccc3C2c2c(C)n(C)c3ccccc23)cc1.